The van der Waals surface area contributed by atoms with E-state index in [4.69, 9.17) is 10.5 Å². The number of nitrogens with zero attached hydrogens (tertiary/aromatic N) is 2. The molecule has 2 heterocycles. The van der Waals surface area contributed by atoms with Crippen LogP contribution in [-0.4, -0.2) is 28.1 Å². The summed E-state index contributed by atoms with van der Waals surface area (Å²) in [7, 11) is 0. The van der Waals surface area contributed by atoms with Gasteiger partial charge in [0.05, 0.1) is 24.7 Å². The zero-order valence-corrected chi connectivity index (χ0v) is 18.1. The van der Waals surface area contributed by atoms with E-state index in [9.17, 15) is 4.79 Å². The van der Waals surface area contributed by atoms with Crippen molar-refractivity contribution < 1.29 is 9.53 Å². The highest BCUT2D eigenvalue weighted by Crippen LogP contribution is 2.27. The first kappa shape index (κ1) is 23.7. The van der Waals surface area contributed by atoms with Gasteiger partial charge >= 0.3 is 0 Å². The van der Waals surface area contributed by atoms with Crippen molar-refractivity contribution in [2.45, 2.75) is 31.8 Å². The smallest absolute Gasteiger partial charge is 0.241 e. The number of benzene rings is 2. The molecule has 0 unspecified atom stereocenters. The maximum Gasteiger partial charge on any atom is 0.241 e. The van der Waals surface area contributed by atoms with Crippen LogP contribution in [0.15, 0.2) is 61.1 Å². The molecule has 8 heteroatoms. The first-order valence-corrected chi connectivity index (χ1v) is 9.54. The summed E-state index contributed by atoms with van der Waals surface area (Å²) >= 11 is 0. The number of imidazole rings is 1. The number of anilines is 1. The lowest BCUT2D eigenvalue weighted by atomic mass is 10.1. The number of aryl methyl sites for hydroxylation is 1. The fourth-order valence-electron chi connectivity index (χ4n) is 3.38. The van der Waals surface area contributed by atoms with E-state index >= 15 is 0 Å². The lowest BCUT2D eigenvalue weighted by Crippen LogP contribution is -2.37. The van der Waals surface area contributed by atoms with Crippen LogP contribution in [0.1, 0.15) is 23.2 Å². The zero-order chi connectivity index (χ0) is 19.3. The van der Waals surface area contributed by atoms with Crippen molar-refractivity contribution in [2.24, 2.45) is 5.73 Å². The van der Waals surface area contributed by atoms with E-state index in [2.05, 4.69) is 22.4 Å². The predicted octanol–water partition coefficient (Wildman–Crippen LogP) is 3.61. The lowest BCUT2D eigenvalue weighted by Gasteiger charge is -2.18. The summed E-state index contributed by atoms with van der Waals surface area (Å²) in [5, 5.41) is 2.90. The first-order valence-electron chi connectivity index (χ1n) is 9.54. The number of aromatic nitrogens is 2. The number of hydrogen-bond acceptors (Lipinski definition) is 4. The summed E-state index contributed by atoms with van der Waals surface area (Å²) in [6, 6.07) is 15.2. The van der Waals surface area contributed by atoms with Gasteiger partial charge in [-0.3, -0.25) is 4.79 Å². The molecule has 1 amide bonds. The minimum atomic E-state index is -0.660. The van der Waals surface area contributed by atoms with E-state index in [1.54, 1.807) is 6.33 Å². The number of nitrogens with one attached hydrogen (secondary N) is 1. The number of carbonyl (C=O) groups is 1. The van der Waals surface area contributed by atoms with Crippen LogP contribution in [0.5, 0.6) is 5.75 Å². The number of hydrogen-bond donors (Lipinski definition) is 2. The Morgan fingerprint density at radius 1 is 1.20 bits per heavy atom. The second kappa shape index (κ2) is 11.0. The van der Waals surface area contributed by atoms with Crippen LogP contribution in [0.2, 0.25) is 0 Å². The van der Waals surface area contributed by atoms with Gasteiger partial charge in [-0.15, -0.1) is 24.8 Å². The summed E-state index contributed by atoms with van der Waals surface area (Å²) < 4.78 is 7.61. The standard InChI is InChI=1S/C22H24N4O2.2ClH/c23-20(12-19-14-26(15-24-19)13-16-5-2-1-3-6-16)22(27)25-18-8-9-21-17(11-18)7-4-10-28-21;;/h1-3,5-6,8-9,11,14-15,20H,4,7,10,12-13,23H2,(H,25,27);2*1H/t20-;;/m0../s1. The molecule has 160 valence electrons. The fourth-order valence-corrected chi connectivity index (χ4v) is 3.38. The van der Waals surface area contributed by atoms with Gasteiger partial charge in [0.2, 0.25) is 5.91 Å². The molecule has 3 aromatic rings. The van der Waals surface area contributed by atoms with E-state index in [0.717, 1.165) is 48.7 Å². The number of nitrogens with two attached hydrogens (primary N) is 1. The fraction of sp³-hybridized carbons (Fsp3) is 0.273. The van der Waals surface area contributed by atoms with Gasteiger partial charge in [-0.2, -0.15) is 0 Å². The Morgan fingerprint density at radius 3 is 2.80 bits per heavy atom. The second-order valence-corrected chi connectivity index (χ2v) is 7.10. The van der Waals surface area contributed by atoms with Crippen molar-refractivity contribution in [2.75, 3.05) is 11.9 Å². The van der Waals surface area contributed by atoms with Crippen molar-refractivity contribution in [3.63, 3.8) is 0 Å². The van der Waals surface area contributed by atoms with Gasteiger partial charge in [0.25, 0.3) is 0 Å². The Labute approximate surface area is 188 Å². The average Bonchev–Trinajstić information content (AvgIpc) is 3.15. The van der Waals surface area contributed by atoms with Crippen molar-refractivity contribution in [3.8, 4) is 5.75 Å². The highest BCUT2D eigenvalue weighted by atomic mass is 35.5. The summed E-state index contributed by atoms with van der Waals surface area (Å²) in [6.07, 6.45) is 6.06. The van der Waals surface area contributed by atoms with Gasteiger partial charge in [-0.1, -0.05) is 30.3 Å². The molecule has 30 heavy (non-hydrogen) atoms. The third-order valence-corrected chi connectivity index (χ3v) is 4.84. The Bertz CT molecular complexity index is 963. The zero-order valence-electron chi connectivity index (χ0n) is 16.5. The summed E-state index contributed by atoms with van der Waals surface area (Å²) in [5.41, 5.74) is 9.98. The lowest BCUT2D eigenvalue weighted by molar-refractivity contribution is -0.117. The van der Waals surface area contributed by atoms with E-state index in [1.165, 1.54) is 5.56 Å². The minimum Gasteiger partial charge on any atom is -0.493 e. The maximum absolute atomic E-state index is 12.5. The van der Waals surface area contributed by atoms with Crippen LogP contribution in [0, 0.1) is 0 Å². The van der Waals surface area contributed by atoms with Crippen molar-refractivity contribution in [3.05, 3.63) is 77.9 Å². The largest absolute Gasteiger partial charge is 0.493 e. The normalized spacial score (nSPS) is 13.1. The van der Waals surface area contributed by atoms with Crippen LogP contribution >= 0.6 is 24.8 Å². The van der Waals surface area contributed by atoms with Gasteiger partial charge in [0, 0.05) is 24.8 Å². The first-order chi connectivity index (χ1) is 13.7. The molecule has 0 radical (unpaired) electrons. The molecule has 6 nitrogen and oxygen atoms in total. The van der Waals surface area contributed by atoms with E-state index < -0.39 is 6.04 Å². The van der Waals surface area contributed by atoms with Gasteiger partial charge in [-0.05, 0) is 42.2 Å². The van der Waals surface area contributed by atoms with Crippen LogP contribution in [0.3, 0.4) is 0 Å². The summed E-state index contributed by atoms with van der Waals surface area (Å²) in [4.78, 5) is 16.9. The highest BCUT2D eigenvalue weighted by Gasteiger charge is 2.17. The SMILES string of the molecule is Cl.Cl.N[C@@H](Cc1cn(Cc2ccccc2)cn1)C(=O)Nc1ccc2c(c1)CCCO2. The maximum atomic E-state index is 12.5. The van der Waals surface area contributed by atoms with Crippen LogP contribution < -0.4 is 15.8 Å². The Morgan fingerprint density at radius 2 is 2.00 bits per heavy atom. The molecule has 0 saturated heterocycles. The van der Waals surface area contributed by atoms with Crippen LogP contribution in [0.25, 0.3) is 0 Å². The number of amides is 1. The molecular weight excluding hydrogens is 423 g/mol. The molecule has 3 N–H and O–H groups in total. The quantitative estimate of drug-likeness (QED) is 0.603. The van der Waals surface area contributed by atoms with Gasteiger partial charge in [-0.25, -0.2) is 4.98 Å². The highest BCUT2D eigenvalue weighted by molar-refractivity contribution is 5.95. The van der Waals surface area contributed by atoms with E-state index in [-0.39, 0.29) is 30.7 Å². The van der Waals surface area contributed by atoms with Gasteiger partial charge < -0.3 is 20.4 Å². The molecule has 0 fully saturated rings. The Hall–Kier alpha value is -2.54. The number of carbonyl (C=O) groups excluding carboxylic acids is 1. The third-order valence-electron chi connectivity index (χ3n) is 4.84. The average molecular weight is 449 g/mol. The number of halogens is 2. The number of ether oxygens (including phenoxy) is 1. The topological polar surface area (TPSA) is 82.2 Å². The molecule has 0 bridgehead atoms. The minimum absolute atomic E-state index is 0. The van der Waals surface area contributed by atoms with Gasteiger partial charge in [0.1, 0.15) is 5.75 Å². The van der Waals surface area contributed by atoms with Gasteiger partial charge in [0.15, 0.2) is 0 Å². The van der Waals surface area contributed by atoms with Crippen molar-refractivity contribution >= 4 is 36.4 Å². The Kier molecular flexibility index (Phi) is 8.72. The molecule has 0 aliphatic carbocycles. The molecule has 1 aromatic heterocycles. The Balaban J connectivity index is 0.00000160. The molecule has 2 aromatic carbocycles. The molecule has 0 saturated carbocycles. The summed E-state index contributed by atoms with van der Waals surface area (Å²) in [6.45, 7) is 1.49. The molecule has 4 rings (SSSR count). The van der Waals surface area contributed by atoms with Crippen molar-refractivity contribution in [1.82, 2.24) is 9.55 Å². The number of rotatable bonds is 6. The molecular formula is C22H26Cl2N4O2. The second-order valence-electron chi connectivity index (χ2n) is 7.10. The van der Waals surface area contributed by atoms with Crippen LogP contribution in [-0.2, 0) is 24.2 Å². The molecule has 0 spiro atoms. The summed E-state index contributed by atoms with van der Waals surface area (Å²) in [5.74, 6) is 0.687. The monoisotopic (exact) mass is 448 g/mol. The molecule has 1 aliphatic heterocycles. The number of fused-ring (bicyclic) bond motifs is 1. The molecule has 1 aliphatic rings. The van der Waals surface area contributed by atoms with E-state index in [0.29, 0.717) is 6.42 Å². The predicted molar refractivity (Wildman–Crippen MR) is 123 cm³/mol. The molecule has 1 atom stereocenters. The van der Waals surface area contributed by atoms with Crippen LogP contribution in [0.4, 0.5) is 5.69 Å². The van der Waals surface area contributed by atoms with Crippen molar-refractivity contribution in [1.29, 1.82) is 0 Å². The van der Waals surface area contributed by atoms with E-state index in [1.807, 2.05) is 47.2 Å². The third kappa shape index (κ3) is 5.98.